The van der Waals surface area contributed by atoms with E-state index in [9.17, 15) is 9.59 Å². The van der Waals surface area contributed by atoms with Crippen molar-refractivity contribution in [1.82, 2.24) is 15.3 Å². The number of hydrogen-bond acceptors (Lipinski definition) is 3. The highest BCUT2D eigenvalue weighted by molar-refractivity contribution is 5.76. The van der Waals surface area contributed by atoms with Crippen molar-refractivity contribution in [2.24, 2.45) is 11.8 Å². The summed E-state index contributed by atoms with van der Waals surface area (Å²) in [5.41, 5.74) is 2.17. The van der Waals surface area contributed by atoms with Gasteiger partial charge in [-0.1, -0.05) is 39.0 Å². The van der Waals surface area contributed by atoms with Crippen LogP contribution in [0.5, 0.6) is 0 Å². The quantitative estimate of drug-likeness (QED) is 0.840. The van der Waals surface area contributed by atoms with Crippen molar-refractivity contribution >= 4 is 5.91 Å². The summed E-state index contributed by atoms with van der Waals surface area (Å²) in [6.07, 6.45) is 7.64. The smallest absolute Gasteiger partial charge is 0.345 e. The van der Waals surface area contributed by atoms with Crippen LogP contribution in [0.2, 0.25) is 0 Å². The minimum absolute atomic E-state index is 0.0789. The molecule has 0 radical (unpaired) electrons. The molecule has 0 spiro atoms. The van der Waals surface area contributed by atoms with Gasteiger partial charge in [0.25, 0.3) is 0 Å². The van der Waals surface area contributed by atoms with Crippen LogP contribution in [-0.4, -0.2) is 21.9 Å². The molecule has 1 aliphatic rings. The Balaban J connectivity index is 1.85. The number of aromatic nitrogens is 2. The van der Waals surface area contributed by atoms with Gasteiger partial charge in [-0.2, -0.15) is 4.98 Å². The van der Waals surface area contributed by atoms with Crippen LogP contribution < -0.4 is 11.0 Å². The fourth-order valence-electron chi connectivity index (χ4n) is 3.89. The molecule has 1 aromatic rings. The Labute approximate surface area is 144 Å². The first-order chi connectivity index (χ1) is 11.4. The van der Waals surface area contributed by atoms with Gasteiger partial charge in [-0.15, -0.1) is 0 Å². The highest BCUT2D eigenvalue weighted by Crippen LogP contribution is 2.31. The normalized spacial score (nSPS) is 18.2. The average molecular weight is 333 g/mol. The molecular formula is C19H31N3O2. The molecule has 1 amide bonds. The van der Waals surface area contributed by atoms with Gasteiger partial charge in [-0.25, -0.2) is 4.79 Å². The molecule has 1 aliphatic carbocycles. The topological polar surface area (TPSA) is 74.8 Å². The maximum Gasteiger partial charge on any atom is 0.345 e. The molecule has 2 atom stereocenters. The van der Waals surface area contributed by atoms with Gasteiger partial charge in [0.2, 0.25) is 5.91 Å². The first kappa shape index (κ1) is 18.7. The largest absolute Gasteiger partial charge is 0.353 e. The molecule has 0 bridgehead atoms. The number of rotatable bonds is 6. The lowest BCUT2D eigenvalue weighted by molar-refractivity contribution is -0.122. The van der Waals surface area contributed by atoms with Gasteiger partial charge in [0, 0.05) is 23.9 Å². The predicted octanol–water partition coefficient (Wildman–Crippen LogP) is 3.04. The van der Waals surface area contributed by atoms with Gasteiger partial charge in [-0.3, -0.25) is 4.79 Å². The van der Waals surface area contributed by atoms with E-state index in [0.29, 0.717) is 24.5 Å². The number of carbonyl (C=O) groups is 1. The summed E-state index contributed by atoms with van der Waals surface area (Å²) in [6.45, 7) is 8.07. The number of aryl methyl sites for hydroxylation is 2. The van der Waals surface area contributed by atoms with Gasteiger partial charge in [0.15, 0.2) is 0 Å². The number of nitrogens with zero attached hydrogens (tertiary/aromatic N) is 1. The van der Waals surface area contributed by atoms with Crippen molar-refractivity contribution in [2.75, 3.05) is 0 Å². The highest BCUT2D eigenvalue weighted by atomic mass is 16.1. The molecule has 24 heavy (non-hydrogen) atoms. The summed E-state index contributed by atoms with van der Waals surface area (Å²) in [5, 5.41) is 3.17. The molecule has 1 fully saturated rings. The zero-order valence-corrected chi connectivity index (χ0v) is 15.4. The molecule has 2 rings (SSSR count). The van der Waals surface area contributed by atoms with Crippen LogP contribution in [0.4, 0.5) is 0 Å². The lowest BCUT2D eigenvalue weighted by Crippen LogP contribution is -2.40. The summed E-state index contributed by atoms with van der Waals surface area (Å²) in [6, 6.07) is 0.205. The van der Waals surface area contributed by atoms with E-state index >= 15 is 0 Å². The maximum absolute atomic E-state index is 12.3. The van der Waals surface area contributed by atoms with E-state index in [-0.39, 0.29) is 17.6 Å². The molecule has 1 saturated carbocycles. The summed E-state index contributed by atoms with van der Waals surface area (Å²) in [7, 11) is 0. The van der Waals surface area contributed by atoms with Crippen LogP contribution in [0.3, 0.4) is 0 Å². The molecule has 1 aromatic heterocycles. The Kier molecular flexibility index (Phi) is 6.58. The minimum Gasteiger partial charge on any atom is -0.353 e. The molecule has 1 heterocycles. The van der Waals surface area contributed by atoms with Gasteiger partial charge in [0.05, 0.1) is 0 Å². The van der Waals surface area contributed by atoms with E-state index in [4.69, 9.17) is 0 Å². The van der Waals surface area contributed by atoms with Crippen LogP contribution in [0.1, 0.15) is 69.3 Å². The maximum atomic E-state index is 12.3. The standard InChI is InChI=1S/C19H31N3O2/c1-12(16-8-6-5-7-9-16)13(2)20-18(23)11-10-17-14(3)21-19(24)22-15(17)4/h12-13,16H,5-11H2,1-4H3,(H,20,23)(H,21,22,24)/t12-,13+/m1/s1. The second kappa shape index (κ2) is 8.45. The van der Waals surface area contributed by atoms with Crippen molar-refractivity contribution in [1.29, 1.82) is 0 Å². The summed E-state index contributed by atoms with van der Waals surface area (Å²) in [4.78, 5) is 30.3. The third-order valence-electron chi connectivity index (χ3n) is 5.63. The van der Waals surface area contributed by atoms with Gasteiger partial charge in [-0.05, 0) is 44.6 Å². The average Bonchev–Trinajstić information content (AvgIpc) is 2.53. The number of aromatic amines is 1. The van der Waals surface area contributed by atoms with Crippen LogP contribution in [0.15, 0.2) is 4.79 Å². The van der Waals surface area contributed by atoms with Crippen molar-refractivity contribution in [3.63, 3.8) is 0 Å². The van der Waals surface area contributed by atoms with Crippen LogP contribution >= 0.6 is 0 Å². The Bertz CT molecular complexity index is 591. The first-order valence-corrected chi connectivity index (χ1v) is 9.24. The number of H-pyrrole nitrogens is 1. The van der Waals surface area contributed by atoms with Crippen LogP contribution in [-0.2, 0) is 11.2 Å². The molecule has 0 aromatic carbocycles. The molecule has 0 aliphatic heterocycles. The lowest BCUT2D eigenvalue weighted by Gasteiger charge is -2.32. The molecule has 0 unspecified atom stereocenters. The van der Waals surface area contributed by atoms with E-state index in [0.717, 1.165) is 17.2 Å². The van der Waals surface area contributed by atoms with E-state index in [1.807, 2.05) is 13.8 Å². The lowest BCUT2D eigenvalue weighted by atomic mass is 9.78. The number of hydrogen-bond donors (Lipinski definition) is 2. The number of amides is 1. The first-order valence-electron chi connectivity index (χ1n) is 9.24. The van der Waals surface area contributed by atoms with Crippen molar-refractivity contribution in [3.05, 3.63) is 27.4 Å². The Morgan fingerprint density at radius 3 is 2.54 bits per heavy atom. The summed E-state index contributed by atoms with van der Waals surface area (Å²) in [5.74, 6) is 1.34. The van der Waals surface area contributed by atoms with Crippen molar-refractivity contribution < 1.29 is 4.79 Å². The third kappa shape index (κ3) is 4.92. The zero-order valence-electron chi connectivity index (χ0n) is 15.4. The molecule has 134 valence electrons. The minimum atomic E-state index is -0.326. The third-order valence-corrected chi connectivity index (χ3v) is 5.63. The predicted molar refractivity (Wildman–Crippen MR) is 96.0 cm³/mol. The molecule has 2 N–H and O–H groups in total. The van der Waals surface area contributed by atoms with Gasteiger partial charge in [0.1, 0.15) is 0 Å². The molecule has 0 saturated heterocycles. The monoisotopic (exact) mass is 333 g/mol. The molecular weight excluding hydrogens is 302 g/mol. The van der Waals surface area contributed by atoms with E-state index < -0.39 is 0 Å². The van der Waals surface area contributed by atoms with Gasteiger partial charge < -0.3 is 10.3 Å². The second-order valence-electron chi connectivity index (χ2n) is 7.34. The van der Waals surface area contributed by atoms with E-state index in [1.54, 1.807) is 0 Å². The second-order valence-corrected chi connectivity index (χ2v) is 7.34. The zero-order chi connectivity index (χ0) is 17.7. The molecule has 5 heteroatoms. The number of carbonyl (C=O) groups excluding carboxylic acids is 1. The highest BCUT2D eigenvalue weighted by Gasteiger charge is 2.25. The Morgan fingerprint density at radius 1 is 1.25 bits per heavy atom. The number of nitrogens with one attached hydrogen (secondary N) is 2. The van der Waals surface area contributed by atoms with Crippen LogP contribution in [0, 0.1) is 25.7 Å². The van der Waals surface area contributed by atoms with Crippen LogP contribution in [0.25, 0.3) is 0 Å². The van der Waals surface area contributed by atoms with E-state index in [1.165, 1.54) is 32.1 Å². The Hall–Kier alpha value is -1.65. The van der Waals surface area contributed by atoms with E-state index in [2.05, 4.69) is 29.1 Å². The van der Waals surface area contributed by atoms with Crippen molar-refractivity contribution in [2.45, 2.75) is 78.7 Å². The molecule has 5 nitrogen and oxygen atoms in total. The summed E-state index contributed by atoms with van der Waals surface area (Å²) >= 11 is 0. The summed E-state index contributed by atoms with van der Waals surface area (Å²) < 4.78 is 0. The fourth-order valence-corrected chi connectivity index (χ4v) is 3.89. The fraction of sp³-hybridized carbons (Fsp3) is 0.737. The van der Waals surface area contributed by atoms with Gasteiger partial charge >= 0.3 is 5.69 Å². The SMILES string of the molecule is Cc1nc(=O)[nH]c(C)c1CCC(=O)N[C@@H](C)[C@@H](C)C1CCCCC1. The van der Waals surface area contributed by atoms with Crippen molar-refractivity contribution in [3.8, 4) is 0 Å². The Morgan fingerprint density at radius 2 is 1.92 bits per heavy atom.